The second kappa shape index (κ2) is 11.7. The number of nitrogens with two attached hydrogens (primary N) is 1. The smallest absolute Gasteiger partial charge is 0.395 e. The van der Waals surface area contributed by atoms with Crippen molar-refractivity contribution in [1.82, 2.24) is 4.57 Å². The number of carbonyl (C=O) groups excluding carboxylic acids is 2. The molecule has 2 heterocycles. The van der Waals surface area contributed by atoms with Crippen LogP contribution in [0.25, 0.3) is 11.1 Å². The highest BCUT2D eigenvalue weighted by atomic mass is 35.5. The first-order valence-electron chi connectivity index (χ1n) is 12.4. The molecule has 0 radical (unpaired) electrons. The Kier molecular flexibility index (Phi) is 8.55. The molecule has 0 aliphatic carbocycles. The number of alkyl halides is 3. The van der Waals surface area contributed by atoms with Crippen molar-refractivity contribution in [3.63, 3.8) is 0 Å². The topological polar surface area (TPSA) is 113 Å². The number of pyridine rings is 1. The van der Waals surface area contributed by atoms with Crippen LogP contribution in [0.3, 0.4) is 0 Å². The van der Waals surface area contributed by atoms with Gasteiger partial charge in [-0.1, -0.05) is 17.7 Å². The van der Waals surface area contributed by atoms with Crippen LogP contribution < -0.4 is 21.3 Å². The molecule has 12 heteroatoms. The largest absolute Gasteiger partial charge is 0.491 e. The van der Waals surface area contributed by atoms with Crippen LogP contribution in [0.15, 0.2) is 59.5 Å². The van der Waals surface area contributed by atoms with Crippen molar-refractivity contribution >= 4 is 29.1 Å². The fourth-order valence-electron chi connectivity index (χ4n) is 4.50. The maximum atomic E-state index is 13.8. The normalized spacial score (nSPS) is 16.4. The van der Waals surface area contributed by atoms with E-state index in [1.54, 1.807) is 6.92 Å². The number of hydrogen-bond donors (Lipinski definition) is 2. The number of ether oxygens (including phenoxy) is 2. The second-order valence-corrected chi connectivity index (χ2v) is 10.0. The molecular formula is C28H27ClF3N3O5. The van der Waals surface area contributed by atoms with Crippen LogP contribution >= 0.6 is 11.6 Å². The highest BCUT2D eigenvalue weighted by Crippen LogP contribution is 2.40. The molecule has 3 N–H and O–H groups in total. The lowest BCUT2D eigenvalue weighted by atomic mass is 9.91. The molecule has 2 amide bonds. The van der Waals surface area contributed by atoms with Crippen LogP contribution in [0.5, 0.6) is 5.75 Å². The molecule has 0 bridgehead atoms. The van der Waals surface area contributed by atoms with Crippen molar-refractivity contribution in [1.29, 1.82) is 0 Å². The third-order valence-electron chi connectivity index (χ3n) is 6.81. The molecule has 0 saturated carbocycles. The molecule has 8 nitrogen and oxygen atoms in total. The summed E-state index contributed by atoms with van der Waals surface area (Å²) in [6, 6.07) is 10.5. The molecular weight excluding hydrogens is 551 g/mol. The Bertz CT molecular complexity index is 1470. The summed E-state index contributed by atoms with van der Waals surface area (Å²) in [6.07, 6.45) is -4.01. The number of nitrogens with zero attached hydrogens (tertiary/aromatic N) is 1. The van der Waals surface area contributed by atoms with E-state index in [9.17, 15) is 27.6 Å². The van der Waals surface area contributed by atoms with Gasteiger partial charge in [0, 0.05) is 41.4 Å². The van der Waals surface area contributed by atoms with Crippen molar-refractivity contribution in [2.24, 2.45) is 11.7 Å². The average Bonchev–Trinajstić information content (AvgIpc) is 2.89. The summed E-state index contributed by atoms with van der Waals surface area (Å²) in [7, 11) is 1.45. The Balaban J connectivity index is 1.77. The van der Waals surface area contributed by atoms with Crippen LogP contribution in [0.1, 0.15) is 35.3 Å². The van der Waals surface area contributed by atoms with Gasteiger partial charge in [0.05, 0.1) is 18.2 Å². The Hall–Kier alpha value is -3.83. The van der Waals surface area contributed by atoms with Gasteiger partial charge in [0.2, 0.25) is 11.8 Å². The van der Waals surface area contributed by atoms with Crippen molar-refractivity contribution in [3.8, 4) is 16.9 Å². The third kappa shape index (κ3) is 6.48. The quantitative estimate of drug-likeness (QED) is 0.411. The summed E-state index contributed by atoms with van der Waals surface area (Å²) in [5, 5.41) is 2.99. The summed E-state index contributed by atoms with van der Waals surface area (Å²) in [5.74, 6) is -3.00. The minimum atomic E-state index is -4.52. The Labute approximate surface area is 232 Å². The molecule has 1 aromatic heterocycles. The zero-order valence-corrected chi connectivity index (χ0v) is 22.4. The van der Waals surface area contributed by atoms with E-state index in [4.69, 9.17) is 26.8 Å². The number of nitrogens with one attached hydrogen (secondary N) is 1. The van der Waals surface area contributed by atoms with Gasteiger partial charge in [0.15, 0.2) is 0 Å². The van der Waals surface area contributed by atoms with Gasteiger partial charge >= 0.3 is 6.18 Å². The molecule has 0 unspecified atom stereocenters. The first-order chi connectivity index (χ1) is 18.9. The van der Waals surface area contributed by atoms with E-state index in [2.05, 4.69) is 5.32 Å². The van der Waals surface area contributed by atoms with Crippen molar-refractivity contribution in [2.75, 3.05) is 19.0 Å². The number of aromatic nitrogens is 1. The number of benzene rings is 2. The molecule has 3 aromatic rings. The summed E-state index contributed by atoms with van der Waals surface area (Å²) < 4.78 is 53.5. The number of hydrogen-bond acceptors (Lipinski definition) is 5. The Morgan fingerprint density at radius 2 is 1.88 bits per heavy atom. The standard InChI is InChI=1S/C28H27ClF3N3O5/c1-15(39-2)9-23(27(38)34-20-7-4-16(5-8-20)26(33)37)35-13-24-22(12-25(35)36)21-11-19(29)6-3-17(21)10-18(14-40-24)28(30,31)32/h3-8,11-13,15,18,23H,9-10,14H2,1-2H3,(H2,33,37)(H,34,38)/t15-,18+,23-/m0/s1. The molecule has 0 spiro atoms. The predicted octanol–water partition coefficient (Wildman–Crippen LogP) is 4.99. The summed E-state index contributed by atoms with van der Waals surface area (Å²) >= 11 is 6.17. The average molecular weight is 578 g/mol. The van der Waals surface area contributed by atoms with Gasteiger partial charge in [-0.2, -0.15) is 13.2 Å². The first kappa shape index (κ1) is 29.2. The van der Waals surface area contributed by atoms with E-state index >= 15 is 0 Å². The van der Waals surface area contributed by atoms with E-state index in [0.29, 0.717) is 16.8 Å². The van der Waals surface area contributed by atoms with Crippen LogP contribution in [0.4, 0.5) is 18.9 Å². The fourth-order valence-corrected chi connectivity index (χ4v) is 4.67. The van der Waals surface area contributed by atoms with Crippen LogP contribution in [-0.4, -0.2) is 42.4 Å². The lowest BCUT2D eigenvalue weighted by Gasteiger charge is -2.28. The highest BCUT2D eigenvalue weighted by Gasteiger charge is 2.41. The Morgan fingerprint density at radius 3 is 2.50 bits per heavy atom. The lowest BCUT2D eigenvalue weighted by molar-refractivity contribution is -0.181. The van der Waals surface area contributed by atoms with Crippen molar-refractivity contribution < 1.29 is 32.2 Å². The lowest BCUT2D eigenvalue weighted by Crippen LogP contribution is -2.36. The van der Waals surface area contributed by atoms with Gasteiger partial charge in [-0.25, -0.2) is 0 Å². The van der Waals surface area contributed by atoms with E-state index in [1.807, 2.05) is 0 Å². The fraction of sp³-hybridized carbons (Fsp3) is 0.321. The van der Waals surface area contributed by atoms with Gasteiger partial charge in [-0.05, 0) is 60.9 Å². The highest BCUT2D eigenvalue weighted by molar-refractivity contribution is 6.30. The molecule has 0 fully saturated rings. The maximum absolute atomic E-state index is 13.8. The number of halogens is 4. The minimum absolute atomic E-state index is 0.00532. The van der Waals surface area contributed by atoms with E-state index in [1.165, 1.54) is 61.8 Å². The number of anilines is 1. The SMILES string of the molecule is CO[C@@H](C)C[C@@H](C(=O)Nc1ccc(C(N)=O)cc1)n1cc2c(cc1=O)-c1cc(Cl)ccc1C[C@@H](C(F)(F)F)CO2. The van der Waals surface area contributed by atoms with Gasteiger partial charge < -0.3 is 20.5 Å². The minimum Gasteiger partial charge on any atom is -0.491 e. The van der Waals surface area contributed by atoms with Gasteiger partial charge in [0.1, 0.15) is 18.4 Å². The molecule has 3 atom stereocenters. The van der Waals surface area contributed by atoms with Gasteiger partial charge in [-0.15, -0.1) is 0 Å². The van der Waals surface area contributed by atoms with Crippen LogP contribution in [0, 0.1) is 5.92 Å². The molecule has 0 saturated heterocycles. The summed E-state index contributed by atoms with van der Waals surface area (Å²) in [6.45, 7) is 1.04. The number of amides is 2. The second-order valence-electron chi connectivity index (χ2n) is 9.58. The first-order valence-corrected chi connectivity index (χ1v) is 12.7. The van der Waals surface area contributed by atoms with Crippen LogP contribution in [0.2, 0.25) is 5.02 Å². The molecule has 212 valence electrons. The van der Waals surface area contributed by atoms with E-state index in [-0.39, 0.29) is 34.7 Å². The third-order valence-corrected chi connectivity index (χ3v) is 7.04. The number of primary amides is 1. The Morgan fingerprint density at radius 1 is 1.18 bits per heavy atom. The maximum Gasteiger partial charge on any atom is 0.395 e. The zero-order valence-electron chi connectivity index (χ0n) is 21.6. The number of rotatable bonds is 7. The number of carbonyl (C=O) groups is 2. The number of fused-ring (bicyclic) bond motifs is 3. The molecule has 4 rings (SSSR count). The van der Waals surface area contributed by atoms with Gasteiger partial charge in [-0.3, -0.25) is 19.0 Å². The van der Waals surface area contributed by atoms with Crippen LogP contribution in [-0.2, 0) is 16.0 Å². The van der Waals surface area contributed by atoms with E-state index in [0.717, 1.165) is 4.57 Å². The van der Waals surface area contributed by atoms with E-state index < -0.39 is 48.2 Å². The number of methoxy groups -OCH3 is 1. The molecule has 1 aliphatic heterocycles. The summed E-state index contributed by atoms with van der Waals surface area (Å²) in [5.41, 5.74) is 6.28. The van der Waals surface area contributed by atoms with Crippen molar-refractivity contribution in [3.05, 3.63) is 81.2 Å². The summed E-state index contributed by atoms with van der Waals surface area (Å²) in [4.78, 5) is 38.2. The zero-order chi connectivity index (χ0) is 29.2. The van der Waals surface area contributed by atoms with Crippen molar-refractivity contribution in [2.45, 2.75) is 38.1 Å². The van der Waals surface area contributed by atoms with Gasteiger partial charge in [0.25, 0.3) is 5.56 Å². The predicted molar refractivity (Wildman–Crippen MR) is 144 cm³/mol. The monoisotopic (exact) mass is 577 g/mol. The molecule has 1 aliphatic rings. The molecule has 2 aromatic carbocycles. The molecule has 40 heavy (non-hydrogen) atoms.